The Morgan fingerprint density at radius 3 is 2.12 bits per heavy atom. The van der Waals surface area contributed by atoms with Crippen LogP contribution in [0.4, 0.5) is 19.0 Å². The average Bonchev–Trinajstić information content (AvgIpc) is 2.78. The van der Waals surface area contributed by atoms with Crippen LogP contribution >= 0.6 is 0 Å². The smallest absolute Gasteiger partial charge is 0.457 e. The predicted molar refractivity (Wildman–Crippen MR) is 112 cm³/mol. The number of primary amides is 1. The van der Waals surface area contributed by atoms with Crippen LogP contribution < -0.4 is 26.3 Å². The van der Waals surface area contributed by atoms with Crippen molar-refractivity contribution in [3.8, 4) is 28.6 Å². The molecule has 0 saturated carbocycles. The van der Waals surface area contributed by atoms with E-state index in [4.69, 9.17) is 16.2 Å². The van der Waals surface area contributed by atoms with Crippen molar-refractivity contribution in [3.63, 3.8) is 0 Å². The molecule has 172 valence electrons. The number of carbonyl (C=O) groups excluding carboxylic acids is 2. The summed E-state index contributed by atoms with van der Waals surface area (Å²) in [5, 5.41) is 2.79. The van der Waals surface area contributed by atoms with Gasteiger partial charge in [0.05, 0.1) is 6.04 Å². The molecular formula is C21H18F3N5O4. The fourth-order valence-corrected chi connectivity index (χ4v) is 2.63. The molecule has 5 N–H and O–H groups in total. The van der Waals surface area contributed by atoms with Crippen LogP contribution in [0.3, 0.4) is 0 Å². The number of aldehydes is 1. The first-order valence-corrected chi connectivity index (χ1v) is 9.41. The lowest BCUT2D eigenvalue weighted by Crippen LogP contribution is -2.30. The lowest BCUT2D eigenvalue weighted by molar-refractivity contribution is -0.274. The number of carbonyl (C=O) groups is 2. The number of amides is 1. The van der Waals surface area contributed by atoms with Gasteiger partial charge in [-0.2, -0.15) is 0 Å². The zero-order chi connectivity index (χ0) is 24.0. The van der Waals surface area contributed by atoms with Gasteiger partial charge in [-0.15, -0.1) is 13.2 Å². The number of hydrogen-bond acceptors (Lipinski definition) is 8. The molecule has 0 saturated heterocycles. The molecule has 0 bridgehead atoms. The molecule has 0 aliphatic heterocycles. The van der Waals surface area contributed by atoms with Crippen LogP contribution in [0.5, 0.6) is 17.2 Å². The van der Waals surface area contributed by atoms with Crippen molar-refractivity contribution in [1.29, 1.82) is 0 Å². The first-order chi connectivity index (χ1) is 15.7. The van der Waals surface area contributed by atoms with E-state index < -0.39 is 18.3 Å². The Morgan fingerprint density at radius 1 is 1.03 bits per heavy atom. The van der Waals surface area contributed by atoms with Gasteiger partial charge in [-0.05, 0) is 48.5 Å². The van der Waals surface area contributed by atoms with Crippen LogP contribution in [0.25, 0.3) is 11.4 Å². The number of anilines is 1. The second kappa shape index (κ2) is 9.96. The number of rotatable bonds is 9. The van der Waals surface area contributed by atoms with Crippen LogP contribution in [0.1, 0.15) is 10.5 Å². The molecule has 0 fully saturated rings. The van der Waals surface area contributed by atoms with Crippen LogP contribution in [0.15, 0.2) is 54.6 Å². The normalized spacial score (nSPS) is 12.0. The van der Waals surface area contributed by atoms with Crippen LogP contribution in [0.2, 0.25) is 0 Å². The maximum absolute atomic E-state index is 12.2. The standard InChI is InChI=1S/C21H18F3N5O4/c22-21(23,24)33-16-7-5-15(6-8-16)32-14-3-1-12(2-4-14)20-28-17(19(26)31)9-18(29-20)27-13(10-25)11-30/h1-9,11,13H,10,25H2,(H2,26,31)(H,27,28,29)/t13-/m0/s1. The number of ether oxygens (including phenoxy) is 2. The molecule has 1 aromatic heterocycles. The van der Waals surface area contributed by atoms with Crippen molar-refractivity contribution in [3.05, 3.63) is 60.3 Å². The van der Waals surface area contributed by atoms with Crippen LogP contribution in [-0.4, -0.2) is 41.1 Å². The van der Waals surface area contributed by atoms with E-state index in [0.29, 0.717) is 17.6 Å². The van der Waals surface area contributed by atoms with Crippen molar-refractivity contribution in [2.24, 2.45) is 11.5 Å². The summed E-state index contributed by atoms with van der Waals surface area (Å²) >= 11 is 0. The lowest BCUT2D eigenvalue weighted by Gasteiger charge is -2.13. The van der Waals surface area contributed by atoms with E-state index in [9.17, 15) is 22.8 Å². The van der Waals surface area contributed by atoms with E-state index in [2.05, 4.69) is 20.0 Å². The molecule has 1 amide bonds. The summed E-state index contributed by atoms with van der Waals surface area (Å²) in [5.74, 6) is -0.120. The molecule has 1 atom stereocenters. The van der Waals surface area contributed by atoms with Gasteiger partial charge in [-0.25, -0.2) is 9.97 Å². The Bertz CT molecular complexity index is 1120. The van der Waals surface area contributed by atoms with E-state index in [1.807, 2.05) is 0 Å². The number of benzene rings is 2. The highest BCUT2D eigenvalue weighted by Gasteiger charge is 2.31. The molecule has 2 aromatic carbocycles. The van der Waals surface area contributed by atoms with Gasteiger partial charge < -0.3 is 31.1 Å². The van der Waals surface area contributed by atoms with Gasteiger partial charge in [0.1, 0.15) is 35.0 Å². The fraction of sp³-hybridized carbons (Fsp3) is 0.143. The number of hydrogen-bond donors (Lipinski definition) is 3. The van der Waals surface area contributed by atoms with Gasteiger partial charge in [-0.1, -0.05) is 0 Å². The summed E-state index contributed by atoms with van der Waals surface area (Å²) in [6.45, 7) is 0.0179. The van der Waals surface area contributed by atoms with Crippen molar-refractivity contribution in [1.82, 2.24) is 9.97 Å². The lowest BCUT2D eigenvalue weighted by atomic mass is 10.2. The van der Waals surface area contributed by atoms with Gasteiger partial charge in [0, 0.05) is 18.2 Å². The maximum atomic E-state index is 12.2. The number of nitrogens with two attached hydrogens (primary N) is 2. The van der Waals surface area contributed by atoms with Crippen molar-refractivity contribution >= 4 is 18.0 Å². The summed E-state index contributed by atoms with van der Waals surface area (Å²) in [7, 11) is 0. The number of halogens is 3. The SMILES string of the molecule is NC[C@@H](C=O)Nc1cc(C(N)=O)nc(-c2ccc(Oc3ccc(OC(F)(F)F)cc3)cc2)n1. The Kier molecular flexibility index (Phi) is 7.08. The zero-order valence-electron chi connectivity index (χ0n) is 16.9. The molecule has 0 aliphatic rings. The van der Waals surface area contributed by atoms with Crippen LogP contribution in [-0.2, 0) is 4.79 Å². The molecule has 9 nitrogen and oxygen atoms in total. The van der Waals surface area contributed by atoms with Gasteiger partial charge in [-0.3, -0.25) is 4.79 Å². The van der Waals surface area contributed by atoms with E-state index in [1.165, 1.54) is 18.2 Å². The minimum absolute atomic E-state index is 0.0179. The number of nitrogens with one attached hydrogen (secondary N) is 1. The molecule has 12 heteroatoms. The van der Waals surface area contributed by atoms with Crippen molar-refractivity contribution < 1.29 is 32.2 Å². The summed E-state index contributed by atoms with van der Waals surface area (Å²) < 4.78 is 46.2. The van der Waals surface area contributed by atoms with Crippen molar-refractivity contribution in [2.45, 2.75) is 12.4 Å². The third-order valence-corrected chi connectivity index (χ3v) is 4.14. The first-order valence-electron chi connectivity index (χ1n) is 9.41. The van der Waals surface area contributed by atoms with E-state index in [1.54, 1.807) is 24.3 Å². The van der Waals surface area contributed by atoms with Crippen molar-refractivity contribution in [2.75, 3.05) is 11.9 Å². The largest absolute Gasteiger partial charge is 0.573 e. The Balaban J connectivity index is 1.78. The third-order valence-electron chi connectivity index (χ3n) is 4.14. The number of alkyl halides is 3. The second-order valence-corrected chi connectivity index (χ2v) is 6.59. The molecule has 1 heterocycles. The summed E-state index contributed by atoms with van der Waals surface area (Å²) in [6, 6.07) is 11.9. The maximum Gasteiger partial charge on any atom is 0.573 e. The molecule has 0 unspecified atom stereocenters. The second-order valence-electron chi connectivity index (χ2n) is 6.59. The average molecular weight is 461 g/mol. The molecule has 33 heavy (non-hydrogen) atoms. The highest BCUT2D eigenvalue weighted by Crippen LogP contribution is 2.28. The fourth-order valence-electron chi connectivity index (χ4n) is 2.63. The topological polar surface area (TPSA) is 142 Å². The Labute approximate surface area is 185 Å². The molecule has 3 rings (SSSR count). The highest BCUT2D eigenvalue weighted by molar-refractivity contribution is 5.92. The minimum Gasteiger partial charge on any atom is -0.457 e. The van der Waals surface area contributed by atoms with Gasteiger partial charge in [0.15, 0.2) is 5.82 Å². The molecule has 0 spiro atoms. The molecule has 0 aliphatic carbocycles. The molecule has 3 aromatic rings. The molecular weight excluding hydrogens is 443 g/mol. The van der Waals surface area contributed by atoms with Gasteiger partial charge in [0.25, 0.3) is 5.91 Å². The summed E-state index contributed by atoms with van der Waals surface area (Å²) in [4.78, 5) is 31.1. The first kappa shape index (κ1) is 23.5. The van der Waals surface area contributed by atoms with Gasteiger partial charge in [0.2, 0.25) is 0 Å². The van der Waals surface area contributed by atoms with Crippen LogP contribution in [0, 0.1) is 0 Å². The Hall–Kier alpha value is -4.19. The Morgan fingerprint density at radius 2 is 1.61 bits per heavy atom. The predicted octanol–water partition coefficient (Wildman–Crippen LogP) is 2.87. The third kappa shape index (κ3) is 6.64. The minimum atomic E-state index is -4.78. The number of nitrogens with zero attached hydrogens (tertiary/aromatic N) is 2. The summed E-state index contributed by atoms with van der Waals surface area (Å²) in [6.07, 6.45) is -4.17. The number of aromatic nitrogens is 2. The summed E-state index contributed by atoms with van der Waals surface area (Å²) in [5.41, 5.74) is 11.3. The zero-order valence-corrected chi connectivity index (χ0v) is 16.9. The van der Waals surface area contributed by atoms with Gasteiger partial charge >= 0.3 is 6.36 Å². The quantitative estimate of drug-likeness (QED) is 0.413. The van der Waals surface area contributed by atoms with E-state index >= 15 is 0 Å². The van der Waals surface area contributed by atoms with E-state index in [-0.39, 0.29) is 35.4 Å². The van der Waals surface area contributed by atoms with E-state index in [0.717, 1.165) is 12.1 Å². The monoisotopic (exact) mass is 461 g/mol. The highest BCUT2D eigenvalue weighted by atomic mass is 19.4. The molecule has 0 radical (unpaired) electrons.